The highest BCUT2D eigenvalue weighted by Crippen LogP contribution is 2.35. The minimum absolute atomic E-state index is 0.176. The number of carboxylic acids is 1. The summed E-state index contributed by atoms with van der Waals surface area (Å²) in [4.78, 5) is 18.5. The van der Waals surface area contributed by atoms with Crippen molar-refractivity contribution in [3.63, 3.8) is 0 Å². The van der Waals surface area contributed by atoms with Crippen LogP contribution in [0.2, 0.25) is 0 Å². The van der Waals surface area contributed by atoms with Gasteiger partial charge in [0.15, 0.2) is 0 Å². The van der Waals surface area contributed by atoms with E-state index >= 15 is 0 Å². The van der Waals surface area contributed by atoms with Crippen molar-refractivity contribution < 1.29 is 9.90 Å². The maximum Gasteiger partial charge on any atom is 0.303 e. The molecule has 0 radical (unpaired) electrons. The molecular weight excluding hydrogens is 228 g/mol. The molecule has 0 bridgehead atoms. The highest BCUT2D eigenvalue weighted by atomic mass is 16.4. The molecule has 0 atom stereocenters. The van der Waals surface area contributed by atoms with Crippen molar-refractivity contribution in [2.45, 2.75) is 38.0 Å². The van der Waals surface area contributed by atoms with E-state index < -0.39 is 5.97 Å². The summed E-state index contributed by atoms with van der Waals surface area (Å²) >= 11 is 0. The number of carboxylic acid groups (broad SMARTS) is 1. The average molecular weight is 244 g/mol. The summed E-state index contributed by atoms with van der Waals surface area (Å²) in [5.41, 5.74) is 3.06. The fraction of sp³-hybridized carbons (Fsp3) is 0.429. The summed E-state index contributed by atoms with van der Waals surface area (Å²) < 4.78 is 0. The molecule has 18 heavy (non-hydrogen) atoms. The number of aryl methyl sites for hydroxylation is 1. The highest BCUT2D eigenvalue weighted by molar-refractivity contribution is 5.76. The zero-order valence-corrected chi connectivity index (χ0v) is 10.1. The van der Waals surface area contributed by atoms with E-state index in [4.69, 9.17) is 5.11 Å². The molecule has 0 saturated heterocycles. The summed E-state index contributed by atoms with van der Waals surface area (Å²) in [6, 6.07) is 5.97. The van der Waals surface area contributed by atoms with Crippen molar-refractivity contribution in [1.82, 2.24) is 9.97 Å². The Morgan fingerprint density at radius 1 is 1.44 bits per heavy atom. The molecule has 1 heterocycles. The van der Waals surface area contributed by atoms with E-state index in [-0.39, 0.29) is 6.42 Å². The fourth-order valence-corrected chi connectivity index (χ4v) is 2.36. The van der Waals surface area contributed by atoms with E-state index in [1.54, 1.807) is 0 Å². The van der Waals surface area contributed by atoms with Crippen LogP contribution in [0, 0.1) is 0 Å². The first-order valence-corrected chi connectivity index (χ1v) is 6.43. The first kappa shape index (κ1) is 11.3. The molecule has 2 aromatic rings. The molecule has 0 spiro atoms. The average Bonchev–Trinajstić information content (AvgIpc) is 2.65. The second-order valence-corrected chi connectivity index (χ2v) is 5.00. The topological polar surface area (TPSA) is 66.0 Å². The maximum absolute atomic E-state index is 10.6. The van der Waals surface area contributed by atoms with Gasteiger partial charge in [-0.1, -0.05) is 12.5 Å². The predicted molar refractivity (Wildman–Crippen MR) is 68.6 cm³/mol. The Bertz CT molecular complexity index is 584. The lowest BCUT2D eigenvalue weighted by atomic mass is 9.85. The van der Waals surface area contributed by atoms with Gasteiger partial charge >= 0.3 is 5.97 Å². The Morgan fingerprint density at radius 2 is 2.28 bits per heavy atom. The minimum atomic E-state index is -0.755. The number of aromatic amines is 1. The van der Waals surface area contributed by atoms with Crippen LogP contribution in [-0.4, -0.2) is 21.0 Å². The number of hydrogen-bond acceptors (Lipinski definition) is 2. The Kier molecular flexibility index (Phi) is 2.78. The van der Waals surface area contributed by atoms with Crippen molar-refractivity contribution in [1.29, 1.82) is 0 Å². The van der Waals surface area contributed by atoms with Gasteiger partial charge in [0.25, 0.3) is 0 Å². The number of nitrogens with zero attached hydrogens (tertiary/aromatic N) is 1. The van der Waals surface area contributed by atoms with Crippen LogP contribution < -0.4 is 0 Å². The summed E-state index contributed by atoms with van der Waals surface area (Å²) in [7, 11) is 0. The smallest absolute Gasteiger partial charge is 0.303 e. The van der Waals surface area contributed by atoms with Crippen LogP contribution in [0.1, 0.15) is 43.0 Å². The number of benzene rings is 1. The van der Waals surface area contributed by atoms with E-state index in [9.17, 15) is 4.79 Å². The van der Waals surface area contributed by atoms with E-state index in [0.717, 1.165) is 22.4 Å². The standard InChI is InChI=1S/C14H16N2O2/c17-13(18)7-5-9-4-6-11-12(8-9)16-14(15-11)10-2-1-3-10/h4,6,8,10H,1-3,5,7H2,(H,15,16)(H,17,18). The SMILES string of the molecule is O=C(O)CCc1ccc2nc(C3CCC3)[nH]c2c1. The molecule has 4 nitrogen and oxygen atoms in total. The first-order chi connectivity index (χ1) is 8.72. The molecule has 1 saturated carbocycles. The van der Waals surface area contributed by atoms with Crippen LogP contribution in [-0.2, 0) is 11.2 Å². The third-order valence-corrected chi connectivity index (χ3v) is 3.68. The number of carbonyl (C=O) groups is 1. The fourth-order valence-electron chi connectivity index (χ4n) is 2.36. The number of hydrogen-bond donors (Lipinski definition) is 2. The van der Waals surface area contributed by atoms with Crippen molar-refractivity contribution in [3.05, 3.63) is 29.6 Å². The second kappa shape index (κ2) is 4.44. The zero-order valence-electron chi connectivity index (χ0n) is 10.1. The van der Waals surface area contributed by atoms with E-state index in [1.807, 2.05) is 18.2 Å². The molecule has 0 aliphatic heterocycles. The monoisotopic (exact) mass is 244 g/mol. The highest BCUT2D eigenvalue weighted by Gasteiger charge is 2.22. The van der Waals surface area contributed by atoms with Gasteiger partial charge in [-0.25, -0.2) is 4.98 Å². The van der Waals surface area contributed by atoms with Gasteiger partial charge in [0, 0.05) is 12.3 Å². The Balaban J connectivity index is 1.84. The van der Waals surface area contributed by atoms with Crippen LogP contribution >= 0.6 is 0 Å². The van der Waals surface area contributed by atoms with Gasteiger partial charge in [-0.05, 0) is 37.0 Å². The number of imidazole rings is 1. The van der Waals surface area contributed by atoms with Crippen molar-refractivity contribution >= 4 is 17.0 Å². The van der Waals surface area contributed by atoms with Gasteiger partial charge < -0.3 is 10.1 Å². The van der Waals surface area contributed by atoms with Gasteiger partial charge in [0.05, 0.1) is 11.0 Å². The first-order valence-electron chi connectivity index (χ1n) is 6.43. The van der Waals surface area contributed by atoms with Crippen LogP contribution in [0.15, 0.2) is 18.2 Å². The number of aromatic nitrogens is 2. The van der Waals surface area contributed by atoms with Gasteiger partial charge in [-0.2, -0.15) is 0 Å². The molecule has 1 aliphatic rings. The Morgan fingerprint density at radius 3 is 2.94 bits per heavy atom. The lowest BCUT2D eigenvalue weighted by molar-refractivity contribution is -0.136. The molecule has 1 aliphatic carbocycles. The van der Waals surface area contributed by atoms with E-state index in [1.165, 1.54) is 19.3 Å². The van der Waals surface area contributed by atoms with Gasteiger partial charge in [-0.15, -0.1) is 0 Å². The summed E-state index contributed by atoms with van der Waals surface area (Å²) in [5, 5.41) is 8.68. The lowest BCUT2D eigenvalue weighted by Crippen LogP contribution is -2.10. The van der Waals surface area contributed by atoms with Gasteiger partial charge in [-0.3, -0.25) is 4.79 Å². The molecule has 1 aromatic heterocycles. The van der Waals surface area contributed by atoms with Crippen molar-refractivity contribution in [2.24, 2.45) is 0 Å². The van der Waals surface area contributed by atoms with E-state index in [0.29, 0.717) is 12.3 Å². The van der Waals surface area contributed by atoms with Crippen molar-refractivity contribution in [2.75, 3.05) is 0 Å². The molecule has 3 rings (SSSR count). The van der Waals surface area contributed by atoms with E-state index in [2.05, 4.69) is 9.97 Å². The van der Waals surface area contributed by atoms with Crippen LogP contribution in [0.5, 0.6) is 0 Å². The number of aliphatic carboxylic acids is 1. The number of H-pyrrole nitrogens is 1. The number of nitrogens with one attached hydrogen (secondary N) is 1. The molecule has 2 N–H and O–H groups in total. The maximum atomic E-state index is 10.6. The largest absolute Gasteiger partial charge is 0.481 e. The zero-order chi connectivity index (χ0) is 12.5. The minimum Gasteiger partial charge on any atom is -0.481 e. The second-order valence-electron chi connectivity index (χ2n) is 5.00. The molecule has 0 amide bonds. The lowest BCUT2D eigenvalue weighted by Gasteiger charge is -2.22. The van der Waals surface area contributed by atoms with Crippen LogP contribution in [0.3, 0.4) is 0 Å². The summed E-state index contributed by atoms with van der Waals surface area (Å²) in [5.74, 6) is 0.932. The van der Waals surface area contributed by atoms with Crippen LogP contribution in [0.25, 0.3) is 11.0 Å². The molecular formula is C14H16N2O2. The molecule has 94 valence electrons. The van der Waals surface area contributed by atoms with Gasteiger partial charge in [0.2, 0.25) is 0 Å². The Hall–Kier alpha value is -1.84. The number of fused-ring (bicyclic) bond motifs is 1. The summed E-state index contributed by atoms with van der Waals surface area (Å²) in [6.07, 6.45) is 4.50. The third-order valence-electron chi connectivity index (χ3n) is 3.68. The molecule has 1 aromatic carbocycles. The van der Waals surface area contributed by atoms with Gasteiger partial charge in [0.1, 0.15) is 5.82 Å². The van der Waals surface area contributed by atoms with Crippen LogP contribution in [0.4, 0.5) is 0 Å². The number of rotatable bonds is 4. The molecule has 1 fully saturated rings. The summed E-state index contributed by atoms with van der Waals surface area (Å²) in [6.45, 7) is 0. The third kappa shape index (κ3) is 2.10. The quantitative estimate of drug-likeness (QED) is 0.869. The Labute approximate surface area is 105 Å². The van der Waals surface area contributed by atoms with Crippen molar-refractivity contribution in [3.8, 4) is 0 Å². The molecule has 0 unspecified atom stereocenters. The predicted octanol–water partition coefficient (Wildman–Crippen LogP) is 2.85. The normalized spacial score (nSPS) is 15.8. The molecule has 4 heteroatoms.